The molecule has 1 aliphatic heterocycles. The minimum Gasteiger partial charge on any atom is -0.356 e. The molecule has 0 amide bonds. The van der Waals surface area contributed by atoms with Crippen LogP contribution in [0.2, 0.25) is 0 Å². The van der Waals surface area contributed by atoms with Crippen molar-refractivity contribution < 1.29 is 0 Å². The van der Waals surface area contributed by atoms with E-state index in [1.807, 2.05) is 0 Å². The molecule has 0 saturated heterocycles. The molecule has 0 radical (unpaired) electrons. The van der Waals surface area contributed by atoms with Crippen LogP contribution in [0, 0.1) is 0 Å². The van der Waals surface area contributed by atoms with Gasteiger partial charge in [-0.1, -0.05) is 53.4 Å². The second-order valence-electron chi connectivity index (χ2n) is 6.88. The first-order valence-electron chi connectivity index (χ1n) is 9.92. The van der Waals surface area contributed by atoms with Gasteiger partial charge in [0.2, 0.25) is 0 Å². The first-order chi connectivity index (χ1) is 10.7. The monoisotopic (exact) mass is 308 g/mol. The van der Waals surface area contributed by atoms with E-state index in [-0.39, 0.29) is 0 Å². The number of rotatable bonds is 12. The Balaban J connectivity index is 2.93. The molecule has 0 spiro atoms. The minimum absolute atomic E-state index is 0.630. The van der Waals surface area contributed by atoms with E-state index in [9.17, 15) is 0 Å². The maximum atomic E-state index is 2.78. The van der Waals surface area contributed by atoms with Crippen LogP contribution in [0.3, 0.4) is 0 Å². The molecule has 1 atom stereocenters. The standard InChI is InChI=1S/C20H40N2/c1-6-10-14-18-19(15-11-7-2)22(17-13-9-4)20(21(18)5)16-12-8-3/h20H,6-17H2,1-5H3. The molecular weight excluding hydrogens is 268 g/mol. The van der Waals surface area contributed by atoms with Crippen LogP contribution in [0.15, 0.2) is 11.4 Å². The molecule has 0 aliphatic carbocycles. The van der Waals surface area contributed by atoms with Gasteiger partial charge in [0, 0.05) is 25.0 Å². The van der Waals surface area contributed by atoms with Crippen LogP contribution in [-0.2, 0) is 0 Å². The van der Waals surface area contributed by atoms with Crippen LogP contribution < -0.4 is 0 Å². The molecule has 130 valence electrons. The summed E-state index contributed by atoms with van der Waals surface area (Å²) in [4.78, 5) is 5.41. The fraction of sp³-hybridized carbons (Fsp3) is 0.900. The van der Waals surface area contributed by atoms with Crippen LogP contribution in [0.4, 0.5) is 0 Å². The van der Waals surface area contributed by atoms with E-state index in [0.717, 1.165) is 0 Å². The van der Waals surface area contributed by atoms with Gasteiger partial charge in [-0.05, 0) is 44.9 Å². The molecule has 0 N–H and O–H groups in total. The van der Waals surface area contributed by atoms with Gasteiger partial charge in [0.1, 0.15) is 6.17 Å². The quantitative estimate of drug-likeness (QED) is 0.427. The Labute approximate surface area is 139 Å². The molecule has 0 aromatic heterocycles. The molecule has 1 aliphatic rings. The average Bonchev–Trinajstić information content (AvgIpc) is 2.77. The first-order valence-corrected chi connectivity index (χ1v) is 9.92. The molecule has 0 aromatic rings. The van der Waals surface area contributed by atoms with Crippen molar-refractivity contribution in [2.75, 3.05) is 13.6 Å². The second kappa shape index (κ2) is 11.0. The maximum Gasteiger partial charge on any atom is 0.101 e. The van der Waals surface area contributed by atoms with Crippen molar-refractivity contribution in [1.82, 2.24) is 9.80 Å². The van der Waals surface area contributed by atoms with E-state index >= 15 is 0 Å². The van der Waals surface area contributed by atoms with E-state index in [4.69, 9.17) is 0 Å². The second-order valence-corrected chi connectivity index (χ2v) is 6.88. The summed E-state index contributed by atoms with van der Waals surface area (Å²) in [5.41, 5.74) is 3.35. The van der Waals surface area contributed by atoms with Gasteiger partial charge >= 0.3 is 0 Å². The van der Waals surface area contributed by atoms with Gasteiger partial charge in [0.05, 0.1) is 0 Å². The highest BCUT2D eigenvalue weighted by Gasteiger charge is 2.33. The fourth-order valence-electron chi connectivity index (χ4n) is 3.58. The Kier molecular flexibility index (Phi) is 9.66. The lowest BCUT2D eigenvalue weighted by Crippen LogP contribution is -2.39. The Morgan fingerprint density at radius 2 is 1.27 bits per heavy atom. The molecule has 22 heavy (non-hydrogen) atoms. The SMILES string of the molecule is CCCCC1=C(CCCC)N(CCCC)C(CCCC)N1C. The minimum atomic E-state index is 0.630. The highest BCUT2D eigenvalue weighted by Crippen LogP contribution is 2.36. The van der Waals surface area contributed by atoms with Gasteiger partial charge in [-0.3, -0.25) is 0 Å². The van der Waals surface area contributed by atoms with Crippen LogP contribution in [-0.4, -0.2) is 29.6 Å². The first kappa shape index (κ1) is 19.4. The summed E-state index contributed by atoms with van der Waals surface area (Å²) < 4.78 is 0. The zero-order valence-corrected chi connectivity index (χ0v) is 16.0. The van der Waals surface area contributed by atoms with Crippen molar-refractivity contribution >= 4 is 0 Å². The van der Waals surface area contributed by atoms with E-state index < -0.39 is 0 Å². The van der Waals surface area contributed by atoms with E-state index in [1.165, 1.54) is 77.2 Å². The lowest BCUT2D eigenvalue weighted by molar-refractivity contribution is 0.141. The van der Waals surface area contributed by atoms with E-state index in [2.05, 4.69) is 44.5 Å². The molecular formula is C20H40N2. The smallest absolute Gasteiger partial charge is 0.101 e. The zero-order valence-electron chi connectivity index (χ0n) is 16.0. The Hall–Kier alpha value is -0.660. The van der Waals surface area contributed by atoms with Crippen molar-refractivity contribution in [1.29, 1.82) is 0 Å². The summed E-state index contributed by atoms with van der Waals surface area (Å²) in [5, 5.41) is 0. The summed E-state index contributed by atoms with van der Waals surface area (Å²) in [6.07, 6.45) is 15.1. The van der Waals surface area contributed by atoms with Crippen molar-refractivity contribution in [3.05, 3.63) is 11.4 Å². The lowest BCUT2D eigenvalue weighted by atomic mass is 10.1. The Morgan fingerprint density at radius 3 is 1.82 bits per heavy atom. The predicted molar refractivity (Wildman–Crippen MR) is 98.8 cm³/mol. The maximum absolute atomic E-state index is 2.78. The van der Waals surface area contributed by atoms with Crippen molar-refractivity contribution in [3.63, 3.8) is 0 Å². The summed E-state index contributed by atoms with van der Waals surface area (Å²) in [6, 6.07) is 0. The normalized spacial score (nSPS) is 18.7. The number of hydrogen-bond donors (Lipinski definition) is 0. The molecule has 1 heterocycles. The Bertz CT molecular complexity index is 322. The largest absolute Gasteiger partial charge is 0.356 e. The summed E-state index contributed by atoms with van der Waals surface area (Å²) in [5.74, 6) is 0. The lowest BCUT2D eigenvalue weighted by Gasteiger charge is -2.33. The van der Waals surface area contributed by atoms with E-state index in [1.54, 1.807) is 11.4 Å². The summed E-state index contributed by atoms with van der Waals surface area (Å²) in [6.45, 7) is 10.5. The number of allylic oxidation sites excluding steroid dienone is 2. The highest BCUT2D eigenvalue weighted by molar-refractivity contribution is 5.20. The van der Waals surface area contributed by atoms with Crippen LogP contribution in [0.25, 0.3) is 0 Å². The molecule has 1 unspecified atom stereocenters. The Morgan fingerprint density at radius 1 is 0.727 bits per heavy atom. The van der Waals surface area contributed by atoms with Gasteiger partial charge in [0.15, 0.2) is 0 Å². The molecule has 2 nitrogen and oxygen atoms in total. The van der Waals surface area contributed by atoms with Crippen LogP contribution in [0.1, 0.15) is 98.3 Å². The molecule has 0 saturated carbocycles. The molecule has 1 rings (SSSR count). The topological polar surface area (TPSA) is 6.48 Å². The third kappa shape index (κ3) is 5.21. The molecule has 0 fully saturated rings. The summed E-state index contributed by atoms with van der Waals surface area (Å²) >= 11 is 0. The van der Waals surface area contributed by atoms with Crippen molar-refractivity contribution in [3.8, 4) is 0 Å². The predicted octanol–water partition coefficient (Wildman–Crippen LogP) is 6.14. The van der Waals surface area contributed by atoms with Gasteiger partial charge in [-0.2, -0.15) is 0 Å². The summed E-state index contributed by atoms with van der Waals surface area (Å²) in [7, 11) is 2.35. The fourth-order valence-corrected chi connectivity index (χ4v) is 3.58. The van der Waals surface area contributed by atoms with Crippen LogP contribution in [0.5, 0.6) is 0 Å². The molecule has 2 heteroatoms. The van der Waals surface area contributed by atoms with E-state index in [0.29, 0.717) is 6.17 Å². The highest BCUT2D eigenvalue weighted by atomic mass is 15.4. The van der Waals surface area contributed by atoms with Gasteiger partial charge in [-0.15, -0.1) is 0 Å². The van der Waals surface area contributed by atoms with Crippen molar-refractivity contribution in [2.45, 2.75) is 104 Å². The number of unbranched alkanes of at least 4 members (excludes halogenated alkanes) is 4. The third-order valence-corrected chi connectivity index (χ3v) is 5.02. The number of nitrogens with zero attached hydrogens (tertiary/aromatic N) is 2. The average molecular weight is 309 g/mol. The van der Waals surface area contributed by atoms with Gasteiger partial charge < -0.3 is 9.80 Å². The zero-order chi connectivity index (χ0) is 16.4. The molecule has 0 aromatic carbocycles. The van der Waals surface area contributed by atoms with Crippen molar-refractivity contribution in [2.24, 2.45) is 0 Å². The van der Waals surface area contributed by atoms with Gasteiger partial charge in [-0.25, -0.2) is 0 Å². The van der Waals surface area contributed by atoms with Gasteiger partial charge in [0.25, 0.3) is 0 Å². The van der Waals surface area contributed by atoms with Crippen LogP contribution >= 0.6 is 0 Å². The third-order valence-electron chi connectivity index (χ3n) is 5.02. The number of hydrogen-bond acceptors (Lipinski definition) is 2. The molecule has 0 bridgehead atoms.